The van der Waals surface area contributed by atoms with Crippen molar-refractivity contribution in [1.29, 1.82) is 0 Å². The summed E-state index contributed by atoms with van der Waals surface area (Å²) < 4.78 is 10.3. The van der Waals surface area contributed by atoms with E-state index >= 15 is 0 Å². The molecule has 0 bridgehead atoms. The molecule has 7 heteroatoms. The van der Waals surface area contributed by atoms with Crippen LogP contribution in [0.1, 0.15) is 29.0 Å². The molecule has 7 nitrogen and oxygen atoms in total. The van der Waals surface area contributed by atoms with Gasteiger partial charge >= 0.3 is 5.97 Å². The number of fused-ring (bicyclic) bond motifs is 1. The molecular weight excluding hydrogens is 346 g/mol. The van der Waals surface area contributed by atoms with Gasteiger partial charge < -0.3 is 14.6 Å². The van der Waals surface area contributed by atoms with Gasteiger partial charge in [0.1, 0.15) is 5.75 Å². The highest BCUT2D eigenvalue weighted by Gasteiger charge is 2.24. The Labute approximate surface area is 159 Å². The van der Waals surface area contributed by atoms with E-state index in [-0.39, 0.29) is 18.3 Å². The first-order valence-electron chi connectivity index (χ1n) is 9.22. The molecule has 1 fully saturated rings. The number of hydrogen-bond donors (Lipinski definition) is 1. The lowest BCUT2D eigenvalue weighted by Crippen LogP contribution is -2.47. The smallest absolute Gasteiger partial charge is 0.356 e. The number of aliphatic hydroxyl groups is 1. The number of esters is 1. The summed E-state index contributed by atoms with van der Waals surface area (Å²) in [5.41, 5.74) is 2.07. The normalized spacial score (nSPS) is 17.0. The number of methoxy groups -OCH3 is 2. The molecule has 0 spiro atoms. The van der Waals surface area contributed by atoms with Crippen LogP contribution < -0.4 is 4.74 Å². The summed E-state index contributed by atoms with van der Waals surface area (Å²) in [5, 5.41) is 10.0. The largest absolute Gasteiger partial charge is 0.496 e. The van der Waals surface area contributed by atoms with Gasteiger partial charge in [-0.3, -0.25) is 9.80 Å². The quantitative estimate of drug-likeness (QED) is 0.773. The Balaban J connectivity index is 1.95. The molecule has 1 atom stereocenters. The Morgan fingerprint density at radius 3 is 2.63 bits per heavy atom. The lowest BCUT2D eigenvalue weighted by Gasteiger charge is -2.38. The van der Waals surface area contributed by atoms with Crippen LogP contribution in [-0.4, -0.2) is 79.4 Å². The third-order valence-corrected chi connectivity index (χ3v) is 5.27. The van der Waals surface area contributed by atoms with Gasteiger partial charge in [0.15, 0.2) is 5.69 Å². The fourth-order valence-electron chi connectivity index (χ4n) is 3.67. The molecule has 0 saturated carbocycles. The Hall–Kier alpha value is -2.22. The van der Waals surface area contributed by atoms with Crippen LogP contribution in [0, 0.1) is 0 Å². The van der Waals surface area contributed by atoms with E-state index in [0.29, 0.717) is 5.75 Å². The highest BCUT2D eigenvalue weighted by atomic mass is 16.5. The maximum absolute atomic E-state index is 12.0. The molecule has 0 aliphatic carbocycles. The topological polar surface area (TPSA) is 75.1 Å². The minimum Gasteiger partial charge on any atom is -0.496 e. The molecule has 1 aromatic heterocycles. The Kier molecular flexibility index (Phi) is 6.26. The van der Waals surface area contributed by atoms with E-state index in [9.17, 15) is 4.79 Å². The standard InChI is InChI=1S/C20H27N3O4/c1-14(23-9-7-22(8-10-23)11-12-24)15-5-4-6-16-18(26-2)13-17(20(25)27-3)21-19(15)16/h4-6,13-14,24H,7-12H2,1-3H3/t14-/m0/s1. The average Bonchev–Trinajstić information content (AvgIpc) is 2.72. The molecule has 2 aromatic rings. The molecule has 1 saturated heterocycles. The highest BCUT2D eigenvalue weighted by molar-refractivity contribution is 5.95. The summed E-state index contributed by atoms with van der Waals surface area (Å²) in [4.78, 5) is 21.3. The van der Waals surface area contributed by atoms with Crippen molar-refractivity contribution < 1.29 is 19.4 Å². The zero-order valence-electron chi connectivity index (χ0n) is 16.1. The van der Waals surface area contributed by atoms with Crippen molar-refractivity contribution in [3.05, 3.63) is 35.5 Å². The summed E-state index contributed by atoms with van der Waals surface area (Å²) in [6.07, 6.45) is 0. The first kappa shape index (κ1) is 19.5. The second-order valence-electron chi connectivity index (χ2n) is 6.72. The van der Waals surface area contributed by atoms with Crippen LogP contribution in [0.5, 0.6) is 5.75 Å². The van der Waals surface area contributed by atoms with E-state index in [4.69, 9.17) is 14.6 Å². The number of aromatic nitrogens is 1. The molecule has 0 radical (unpaired) electrons. The van der Waals surface area contributed by atoms with Gasteiger partial charge in [-0.05, 0) is 18.6 Å². The molecule has 3 rings (SSSR count). The molecule has 27 heavy (non-hydrogen) atoms. The van der Waals surface area contributed by atoms with E-state index in [2.05, 4.69) is 27.8 Å². The number of para-hydroxylation sites is 1. The van der Waals surface area contributed by atoms with Crippen LogP contribution in [0.15, 0.2) is 24.3 Å². The molecule has 0 unspecified atom stereocenters. The molecule has 1 aliphatic rings. The van der Waals surface area contributed by atoms with Gasteiger partial charge in [0.2, 0.25) is 0 Å². The lowest BCUT2D eigenvalue weighted by atomic mass is 10.0. The second-order valence-corrected chi connectivity index (χ2v) is 6.72. The predicted molar refractivity (Wildman–Crippen MR) is 103 cm³/mol. The Bertz CT molecular complexity index is 803. The van der Waals surface area contributed by atoms with Crippen LogP contribution in [0.2, 0.25) is 0 Å². The first-order chi connectivity index (χ1) is 13.1. The van der Waals surface area contributed by atoms with Crippen LogP contribution in [0.4, 0.5) is 0 Å². The average molecular weight is 373 g/mol. The maximum atomic E-state index is 12.0. The number of benzene rings is 1. The van der Waals surface area contributed by atoms with Crippen molar-refractivity contribution >= 4 is 16.9 Å². The Morgan fingerprint density at radius 1 is 1.26 bits per heavy atom. The van der Waals surface area contributed by atoms with Crippen molar-refractivity contribution in [1.82, 2.24) is 14.8 Å². The van der Waals surface area contributed by atoms with Gasteiger partial charge in [0.05, 0.1) is 26.3 Å². The third-order valence-electron chi connectivity index (χ3n) is 5.27. The summed E-state index contributed by atoms with van der Waals surface area (Å²) >= 11 is 0. The molecule has 146 valence electrons. The second kappa shape index (κ2) is 8.65. The van der Waals surface area contributed by atoms with Crippen LogP contribution in [0.25, 0.3) is 10.9 Å². The number of rotatable bonds is 6. The molecule has 1 N–H and O–H groups in total. The number of nitrogens with zero attached hydrogens (tertiary/aromatic N) is 3. The van der Waals surface area contributed by atoms with Crippen LogP contribution in [-0.2, 0) is 4.74 Å². The number of aliphatic hydroxyl groups excluding tert-OH is 1. The van der Waals surface area contributed by atoms with Crippen molar-refractivity contribution in [3.63, 3.8) is 0 Å². The summed E-state index contributed by atoms with van der Waals surface area (Å²) in [7, 11) is 2.94. The number of carbonyl (C=O) groups excluding carboxylic acids is 1. The number of ether oxygens (including phenoxy) is 2. The van der Waals surface area contributed by atoms with Crippen molar-refractivity contribution in [2.45, 2.75) is 13.0 Å². The minimum atomic E-state index is -0.477. The number of pyridine rings is 1. The predicted octanol–water partition coefficient (Wildman–Crippen LogP) is 1.70. The fraction of sp³-hybridized carbons (Fsp3) is 0.500. The van der Waals surface area contributed by atoms with Crippen LogP contribution in [0.3, 0.4) is 0 Å². The van der Waals surface area contributed by atoms with E-state index in [1.54, 1.807) is 13.2 Å². The molecule has 1 aromatic carbocycles. The maximum Gasteiger partial charge on any atom is 0.356 e. The van der Waals surface area contributed by atoms with Gasteiger partial charge in [-0.15, -0.1) is 0 Å². The molecule has 1 aliphatic heterocycles. The van der Waals surface area contributed by atoms with E-state index in [1.165, 1.54) is 7.11 Å². The number of carbonyl (C=O) groups is 1. The zero-order valence-corrected chi connectivity index (χ0v) is 16.1. The lowest BCUT2D eigenvalue weighted by molar-refractivity contribution is 0.0594. The molecule has 0 amide bonds. The van der Waals surface area contributed by atoms with Crippen molar-refractivity contribution in [2.24, 2.45) is 0 Å². The van der Waals surface area contributed by atoms with E-state index in [1.807, 2.05) is 12.1 Å². The zero-order chi connectivity index (χ0) is 19.4. The highest BCUT2D eigenvalue weighted by Crippen LogP contribution is 2.33. The minimum absolute atomic E-state index is 0.148. The van der Waals surface area contributed by atoms with Gasteiger partial charge in [-0.25, -0.2) is 9.78 Å². The molecule has 2 heterocycles. The number of piperazine rings is 1. The van der Waals surface area contributed by atoms with Gasteiger partial charge in [-0.2, -0.15) is 0 Å². The first-order valence-corrected chi connectivity index (χ1v) is 9.22. The van der Waals surface area contributed by atoms with E-state index in [0.717, 1.165) is 49.2 Å². The summed E-state index contributed by atoms with van der Waals surface area (Å²) in [6.45, 7) is 6.78. The SMILES string of the molecule is COC(=O)c1cc(OC)c2cccc([C@H](C)N3CCN(CCO)CC3)c2n1. The van der Waals surface area contributed by atoms with Crippen molar-refractivity contribution in [2.75, 3.05) is 53.6 Å². The van der Waals surface area contributed by atoms with Crippen LogP contribution >= 0.6 is 0 Å². The van der Waals surface area contributed by atoms with Gasteiger partial charge in [-0.1, -0.05) is 12.1 Å². The Morgan fingerprint density at radius 2 is 2.00 bits per heavy atom. The number of β-amino-alcohol motifs (C(OH)–C–C–N with tert-alkyl or cyclic N) is 1. The monoisotopic (exact) mass is 373 g/mol. The van der Waals surface area contributed by atoms with Gasteiger partial charge in [0, 0.05) is 50.2 Å². The fourth-order valence-corrected chi connectivity index (χ4v) is 3.67. The number of hydrogen-bond acceptors (Lipinski definition) is 7. The van der Waals surface area contributed by atoms with Gasteiger partial charge in [0.25, 0.3) is 0 Å². The molecular formula is C20H27N3O4. The third kappa shape index (κ3) is 4.05. The summed E-state index contributed by atoms with van der Waals surface area (Å²) in [5.74, 6) is 0.137. The summed E-state index contributed by atoms with van der Waals surface area (Å²) in [6, 6.07) is 7.78. The van der Waals surface area contributed by atoms with E-state index < -0.39 is 5.97 Å². The van der Waals surface area contributed by atoms with Crippen molar-refractivity contribution in [3.8, 4) is 5.75 Å².